The van der Waals surface area contributed by atoms with Crippen molar-refractivity contribution in [1.29, 1.82) is 0 Å². The van der Waals surface area contributed by atoms with E-state index in [2.05, 4.69) is 5.32 Å². The first-order valence-corrected chi connectivity index (χ1v) is 6.31. The standard InChI is InChI=1S/C14H11ClN2O4/c1-8-2-5-13(18)12(6-8)16-14(19)10-4-3-9(17(20)21)7-11(10)15/h2-7,18H,1H3,(H,16,19). The number of hydrogen-bond acceptors (Lipinski definition) is 4. The van der Waals surface area contributed by atoms with Crippen molar-refractivity contribution < 1.29 is 14.8 Å². The summed E-state index contributed by atoms with van der Waals surface area (Å²) in [4.78, 5) is 22.1. The minimum absolute atomic E-state index is 0.0335. The van der Waals surface area contributed by atoms with Crippen LogP contribution < -0.4 is 5.32 Å². The number of rotatable bonds is 3. The third-order valence-electron chi connectivity index (χ3n) is 2.81. The van der Waals surface area contributed by atoms with Gasteiger partial charge in [0.05, 0.1) is 21.2 Å². The van der Waals surface area contributed by atoms with Gasteiger partial charge >= 0.3 is 0 Å². The maximum Gasteiger partial charge on any atom is 0.270 e. The van der Waals surface area contributed by atoms with Gasteiger partial charge in [-0.15, -0.1) is 0 Å². The van der Waals surface area contributed by atoms with Gasteiger partial charge in [0.2, 0.25) is 0 Å². The Labute approximate surface area is 125 Å². The zero-order valence-electron chi connectivity index (χ0n) is 11.0. The van der Waals surface area contributed by atoms with E-state index >= 15 is 0 Å². The van der Waals surface area contributed by atoms with Crippen LogP contribution in [0.1, 0.15) is 15.9 Å². The summed E-state index contributed by atoms with van der Waals surface area (Å²) in [6.07, 6.45) is 0. The van der Waals surface area contributed by atoms with Crippen molar-refractivity contribution in [3.05, 3.63) is 62.7 Å². The number of nitro benzene ring substituents is 1. The van der Waals surface area contributed by atoms with Crippen LogP contribution in [0.25, 0.3) is 0 Å². The Morgan fingerprint density at radius 1 is 1.29 bits per heavy atom. The number of nitrogens with zero attached hydrogens (tertiary/aromatic N) is 1. The summed E-state index contributed by atoms with van der Waals surface area (Å²) in [5.41, 5.74) is 0.991. The van der Waals surface area contributed by atoms with Gasteiger partial charge in [0.1, 0.15) is 5.75 Å². The molecule has 0 aliphatic heterocycles. The van der Waals surface area contributed by atoms with Gasteiger partial charge in [-0.05, 0) is 30.7 Å². The second-order valence-electron chi connectivity index (χ2n) is 4.40. The molecule has 2 aromatic carbocycles. The molecule has 0 aromatic heterocycles. The molecular formula is C14H11ClN2O4. The first kappa shape index (κ1) is 14.8. The summed E-state index contributed by atoms with van der Waals surface area (Å²) in [5.74, 6) is -0.636. The third-order valence-corrected chi connectivity index (χ3v) is 3.12. The average Bonchev–Trinajstić information content (AvgIpc) is 2.42. The van der Waals surface area contributed by atoms with E-state index in [4.69, 9.17) is 11.6 Å². The Morgan fingerprint density at radius 2 is 2.00 bits per heavy atom. The van der Waals surface area contributed by atoms with Gasteiger partial charge in [-0.3, -0.25) is 14.9 Å². The lowest BCUT2D eigenvalue weighted by atomic mass is 10.1. The highest BCUT2D eigenvalue weighted by Crippen LogP contribution is 2.27. The molecule has 0 radical (unpaired) electrons. The maximum absolute atomic E-state index is 12.1. The van der Waals surface area contributed by atoms with E-state index in [1.54, 1.807) is 12.1 Å². The SMILES string of the molecule is Cc1ccc(O)c(NC(=O)c2ccc([N+](=O)[O-])cc2Cl)c1. The Hall–Kier alpha value is -2.60. The molecule has 0 bridgehead atoms. The summed E-state index contributed by atoms with van der Waals surface area (Å²) >= 11 is 5.88. The van der Waals surface area contributed by atoms with Crippen molar-refractivity contribution in [2.45, 2.75) is 6.92 Å². The van der Waals surface area contributed by atoms with Crippen molar-refractivity contribution in [3.8, 4) is 5.75 Å². The van der Waals surface area contributed by atoms with E-state index in [-0.39, 0.29) is 27.7 Å². The molecule has 6 nitrogen and oxygen atoms in total. The number of non-ortho nitro benzene ring substituents is 1. The largest absolute Gasteiger partial charge is 0.506 e. The summed E-state index contributed by atoms with van der Waals surface area (Å²) in [6, 6.07) is 8.32. The van der Waals surface area contributed by atoms with Crippen LogP contribution in [0.3, 0.4) is 0 Å². The molecule has 1 amide bonds. The Bertz CT molecular complexity index is 731. The summed E-state index contributed by atoms with van der Waals surface area (Å²) < 4.78 is 0. The predicted molar refractivity (Wildman–Crippen MR) is 78.9 cm³/mol. The van der Waals surface area contributed by atoms with Crippen LogP contribution in [0.2, 0.25) is 5.02 Å². The zero-order chi connectivity index (χ0) is 15.6. The zero-order valence-corrected chi connectivity index (χ0v) is 11.7. The van der Waals surface area contributed by atoms with Crippen molar-refractivity contribution in [2.75, 3.05) is 5.32 Å². The van der Waals surface area contributed by atoms with Gasteiger partial charge in [0.25, 0.3) is 11.6 Å². The summed E-state index contributed by atoms with van der Waals surface area (Å²) in [7, 11) is 0. The molecule has 21 heavy (non-hydrogen) atoms. The lowest BCUT2D eigenvalue weighted by molar-refractivity contribution is -0.384. The molecule has 2 rings (SSSR count). The number of hydrogen-bond donors (Lipinski definition) is 2. The van der Waals surface area contributed by atoms with Crippen LogP contribution in [0.4, 0.5) is 11.4 Å². The predicted octanol–water partition coefficient (Wildman–Crippen LogP) is 3.51. The molecule has 0 heterocycles. The molecule has 2 aromatic rings. The first-order chi connectivity index (χ1) is 9.88. The number of carbonyl (C=O) groups excluding carboxylic acids is 1. The topological polar surface area (TPSA) is 92.5 Å². The molecule has 0 unspecified atom stereocenters. The Kier molecular flexibility index (Phi) is 4.09. The molecule has 0 atom stereocenters. The minimum Gasteiger partial charge on any atom is -0.506 e. The number of anilines is 1. The highest BCUT2D eigenvalue weighted by Gasteiger charge is 2.16. The van der Waals surface area contributed by atoms with Crippen LogP contribution in [-0.2, 0) is 0 Å². The fourth-order valence-electron chi connectivity index (χ4n) is 1.74. The van der Waals surface area contributed by atoms with Crippen molar-refractivity contribution in [2.24, 2.45) is 0 Å². The van der Waals surface area contributed by atoms with E-state index in [0.29, 0.717) is 0 Å². The van der Waals surface area contributed by atoms with Crippen LogP contribution in [0.5, 0.6) is 5.75 Å². The molecule has 0 aliphatic carbocycles. The highest BCUT2D eigenvalue weighted by molar-refractivity contribution is 6.34. The maximum atomic E-state index is 12.1. The van der Waals surface area contributed by atoms with Gasteiger partial charge in [-0.1, -0.05) is 17.7 Å². The van der Waals surface area contributed by atoms with Gasteiger partial charge in [0, 0.05) is 12.1 Å². The number of benzene rings is 2. The fourth-order valence-corrected chi connectivity index (χ4v) is 2.00. The lowest BCUT2D eigenvalue weighted by Gasteiger charge is -2.09. The lowest BCUT2D eigenvalue weighted by Crippen LogP contribution is -2.12. The van der Waals surface area contributed by atoms with Gasteiger partial charge in [-0.2, -0.15) is 0 Å². The second-order valence-corrected chi connectivity index (χ2v) is 4.80. The number of nitrogens with one attached hydrogen (secondary N) is 1. The smallest absolute Gasteiger partial charge is 0.270 e. The van der Waals surface area contributed by atoms with Gasteiger partial charge in [-0.25, -0.2) is 0 Å². The Balaban J connectivity index is 2.28. The number of nitro groups is 1. The molecule has 7 heteroatoms. The van der Waals surface area contributed by atoms with Crippen molar-refractivity contribution in [3.63, 3.8) is 0 Å². The van der Waals surface area contributed by atoms with Gasteiger partial charge < -0.3 is 10.4 Å². The quantitative estimate of drug-likeness (QED) is 0.515. The monoisotopic (exact) mass is 306 g/mol. The number of aromatic hydroxyl groups is 1. The van der Waals surface area contributed by atoms with Crippen molar-refractivity contribution >= 4 is 28.9 Å². The number of phenols is 1. The van der Waals surface area contributed by atoms with Crippen LogP contribution in [0, 0.1) is 17.0 Å². The number of aryl methyl sites for hydroxylation is 1. The number of phenolic OH excluding ortho intramolecular Hbond substituents is 1. The minimum atomic E-state index is -0.597. The normalized spacial score (nSPS) is 10.2. The number of amides is 1. The molecule has 0 spiro atoms. The van der Waals surface area contributed by atoms with Crippen LogP contribution in [-0.4, -0.2) is 15.9 Å². The molecular weight excluding hydrogens is 296 g/mol. The number of halogens is 1. The third kappa shape index (κ3) is 3.29. The molecule has 0 saturated carbocycles. The number of carbonyl (C=O) groups is 1. The molecule has 0 aliphatic rings. The molecule has 2 N–H and O–H groups in total. The van der Waals surface area contributed by atoms with Crippen LogP contribution in [0.15, 0.2) is 36.4 Å². The van der Waals surface area contributed by atoms with E-state index < -0.39 is 10.8 Å². The van der Waals surface area contributed by atoms with E-state index in [9.17, 15) is 20.0 Å². The van der Waals surface area contributed by atoms with Crippen molar-refractivity contribution in [1.82, 2.24) is 0 Å². The first-order valence-electron chi connectivity index (χ1n) is 5.93. The molecule has 108 valence electrons. The molecule has 0 saturated heterocycles. The summed E-state index contributed by atoms with van der Waals surface area (Å²) in [5, 5.41) is 22.8. The van der Waals surface area contributed by atoms with E-state index in [0.717, 1.165) is 11.6 Å². The van der Waals surface area contributed by atoms with E-state index in [1.807, 2.05) is 6.92 Å². The second kappa shape index (κ2) is 5.80. The van der Waals surface area contributed by atoms with Crippen LogP contribution >= 0.6 is 11.6 Å². The Morgan fingerprint density at radius 3 is 2.62 bits per heavy atom. The molecule has 0 fully saturated rings. The fraction of sp³-hybridized carbons (Fsp3) is 0.0714. The average molecular weight is 307 g/mol. The van der Waals surface area contributed by atoms with Gasteiger partial charge in [0.15, 0.2) is 0 Å². The van der Waals surface area contributed by atoms with E-state index in [1.165, 1.54) is 18.2 Å². The summed E-state index contributed by atoms with van der Waals surface area (Å²) in [6.45, 7) is 1.81. The highest BCUT2D eigenvalue weighted by atomic mass is 35.5.